The fraction of sp³-hybridized carbons (Fsp3) is 0.250. The molecule has 0 saturated carbocycles. The van der Waals surface area contributed by atoms with Gasteiger partial charge in [0.25, 0.3) is 0 Å². The Kier molecular flexibility index (Phi) is 9.26. The Morgan fingerprint density at radius 1 is 0.432 bits per heavy atom. The number of ether oxygens (including phenoxy) is 2. The van der Waals surface area contributed by atoms with Crippen molar-refractivity contribution >= 4 is 21.5 Å². The van der Waals surface area contributed by atoms with E-state index in [1.54, 1.807) is 0 Å². The van der Waals surface area contributed by atoms with Crippen LogP contribution in [-0.4, -0.2) is 77.6 Å². The summed E-state index contributed by atoms with van der Waals surface area (Å²) in [6, 6.07) is 32.9. The summed E-state index contributed by atoms with van der Waals surface area (Å²) in [5, 5.41) is 4.40. The van der Waals surface area contributed by atoms with E-state index >= 15 is 0 Å². The Morgan fingerprint density at radius 2 is 0.750 bits per heavy atom. The number of rotatable bonds is 8. The molecule has 0 bridgehead atoms. The average molecular weight is 583 g/mol. The first-order valence-corrected chi connectivity index (χ1v) is 15.1. The Labute approximate surface area is 262 Å². The van der Waals surface area contributed by atoms with Crippen LogP contribution in [0.3, 0.4) is 0 Å². The smallest absolute Gasteiger partial charge is 0.137 e. The summed E-state index contributed by atoms with van der Waals surface area (Å²) in [5.41, 5.74) is 3.93. The van der Waals surface area contributed by atoms with Crippen molar-refractivity contribution in [3.8, 4) is 35.2 Å². The number of likely N-dealkylation sites (N-methyl/N-ethyl adjacent to an activating group) is 2. The molecule has 0 atom stereocenters. The van der Waals surface area contributed by atoms with Crippen LogP contribution in [0.2, 0.25) is 0 Å². The minimum atomic E-state index is 0.679. The topological polar surface area (TPSA) is 18.5 Å². The van der Waals surface area contributed by atoms with Crippen LogP contribution in [0.4, 0.5) is 0 Å². The first-order chi connectivity index (χ1) is 21.1. The number of hydrogen-bond donors (Lipinski definition) is 0. The van der Waals surface area contributed by atoms with Crippen LogP contribution in [0, 0.1) is 23.7 Å². The van der Waals surface area contributed by atoms with Gasteiger partial charge in [0, 0.05) is 22.3 Å². The number of benzene rings is 5. The van der Waals surface area contributed by atoms with E-state index in [1.807, 2.05) is 48.5 Å². The van der Waals surface area contributed by atoms with Gasteiger partial charge in [-0.2, -0.15) is 0 Å². The third-order valence-electron chi connectivity index (χ3n) is 7.37. The molecule has 0 radical (unpaired) electrons. The zero-order valence-electron chi connectivity index (χ0n) is 26.8. The molecule has 0 aromatic heterocycles. The molecule has 0 unspecified atom stereocenters. The van der Waals surface area contributed by atoms with Gasteiger partial charge in [-0.05, 0) is 70.1 Å². The molecule has 222 valence electrons. The van der Waals surface area contributed by atoms with Crippen LogP contribution in [-0.2, 0) is 0 Å². The third kappa shape index (κ3) is 8.21. The van der Waals surface area contributed by atoms with Crippen molar-refractivity contribution in [3.63, 3.8) is 0 Å². The molecule has 5 aromatic carbocycles. The highest BCUT2D eigenvalue weighted by Gasteiger charge is 2.12. The summed E-state index contributed by atoms with van der Waals surface area (Å²) in [7, 11) is 13.0. The fourth-order valence-electron chi connectivity index (χ4n) is 4.81. The molecule has 0 fully saturated rings. The van der Waals surface area contributed by atoms with E-state index < -0.39 is 0 Å². The van der Waals surface area contributed by atoms with Crippen molar-refractivity contribution in [2.24, 2.45) is 0 Å². The molecule has 0 aliphatic rings. The van der Waals surface area contributed by atoms with Gasteiger partial charge in [0.15, 0.2) is 0 Å². The van der Waals surface area contributed by atoms with Crippen LogP contribution in [0.5, 0.6) is 11.5 Å². The summed E-state index contributed by atoms with van der Waals surface area (Å²) in [5.74, 6) is 15.5. The Bertz CT molecular complexity index is 1670. The van der Waals surface area contributed by atoms with Gasteiger partial charge in [-0.15, -0.1) is 0 Å². The van der Waals surface area contributed by atoms with Gasteiger partial charge >= 0.3 is 0 Å². The van der Waals surface area contributed by atoms with Gasteiger partial charge in [0.1, 0.15) is 37.8 Å². The lowest BCUT2D eigenvalue weighted by Gasteiger charge is -2.23. The molecule has 0 aliphatic carbocycles. The van der Waals surface area contributed by atoms with Gasteiger partial charge < -0.3 is 18.4 Å². The largest absolute Gasteiger partial charge is 0.488 e. The van der Waals surface area contributed by atoms with Crippen LogP contribution >= 0.6 is 0 Å². The lowest BCUT2D eigenvalue weighted by atomic mass is 9.92. The molecule has 5 aromatic rings. The fourth-order valence-corrected chi connectivity index (χ4v) is 4.81. The molecular weight excluding hydrogens is 540 g/mol. The average Bonchev–Trinajstić information content (AvgIpc) is 2.99. The zero-order valence-corrected chi connectivity index (χ0v) is 26.8. The van der Waals surface area contributed by atoms with E-state index in [0.717, 1.165) is 77.4 Å². The minimum Gasteiger partial charge on any atom is -0.488 e. The number of quaternary nitrogens is 2. The summed E-state index contributed by atoms with van der Waals surface area (Å²) in [6.07, 6.45) is 0. The second-order valence-electron chi connectivity index (χ2n) is 13.1. The van der Waals surface area contributed by atoms with Crippen LogP contribution in [0.15, 0.2) is 97.1 Å². The van der Waals surface area contributed by atoms with Gasteiger partial charge in [-0.25, -0.2) is 0 Å². The molecule has 0 amide bonds. The molecule has 4 nitrogen and oxygen atoms in total. The predicted molar refractivity (Wildman–Crippen MR) is 183 cm³/mol. The zero-order chi connectivity index (χ0) is 31.2. The lowest BCUT2D eigenvalue weighted by Crippen LogP contribution is -2.38. The summed E-state index contributed by atoms with van der Waals surface area (Å²) < 4.78 is 13.6. The molecule has 0 aliphatic heterocycles. The normalized spacial score (nSPS) is 11.4. The predicted octanol–water partition coefficient (Wildman–Crippen LogP) is 6.96. The molecule has 0 spiro atoms. The highest BCUT2D eigenvalue weighted by molar-refractivity contribution is 6.09. The first-order valence-electron chi connectivity index (χ1n) is 15.1. The van der Waals surface area contributed by atoms with Crippen molar-refractivity contribution in [2.75, 3.05) is 68.6 Å². The monoisotopic (exact) mass is 582 g/mol. The van der Waals surface area contributed by atoms with Gasteiger partial charge in [0.05, 0.1) is 42.3 Å². The minimum absolute atomic E-state index is 0.679. The van der Waals surface area contributed by atoms with Crippen LogP contribution in [0.1, 0.15) is 22.3 Å². The summed E-state index contributed by atoms with van der Waals surface area (Å²) in [6.45, 7) is 3.25. The highest BCUT2D eigenvalue weighted by atomic mass is 16.5. The van der Waals surface area contributed by atoms with Crippen molar-refractivity contribution in [1.82, 2.24) is 0 Å². The standard InChI is InChI=1S/C40H42N2O2/c1-41(2,3)27-29-43-33-21-15-31(16-22-33)19-25-39-35-11-7-9-13-37(35)40(38-14-10-8-12-36(38)39)26-20-32-17-23-34(24-18-32)44-30-28-42(4,5)6/h7-18,21-24H,27-30H2,1-6H3/q+2. The maximum Gasteiger partial charge on any atom is 0.137 e. The lowest BCUT2D eigenvalue weighted by molar-refractivity contribution is -0.870. The maximum absolute atomic E-state index is 5.93. The Hall–Kier alpha value is -4.74. The molecule has 0 saturated heterocycles. The van der Waals surface area contributed by atoms with Gasteiger partial charge in [-0.3, -0.25) is 0 Å². The van der Waals surface area contributed by atoms with E-state index in [0.29, 0.717) is 13.2 Å². The van der Waals surface area contributed by atoms with Crippen molar-refractivity contribution in [1.29, 1.82) is 0 Å². The molecule has 4 heteroatoms. The molecular formula is C40H42N2O2+2. The van der Waals surface area contributed by atoms with Crippen molar-refractivity contribution < 1.29 is 18.4 Å². The second kappa shape index (κ2) is 13.3. The van der Waals surface area contributed by atoms with E-state index in [2.05, 4.69) is 114 Å². The third-order valence-corrected chi connectivity index (χ3v) is 7.37. The number of fused-ring (bicyclic) bond motifs is 2. The van der Waals surface area contributed by atoms with Crippen molar-refractivity contribution in [2.45, 2.75) is 0 Å². The molecule has 0 N–H and O–H groups in total. The van der Waals surface area contributed by atoms with E-state index in [-0.39, 0.29) is 0 Å². The van der Waals surface area contributed by atoms with E-state index in [9.17, 15) is 0 Å². The number of nitrogens with zero attached hydrogens (tertiary/aromatic N) is 2. The molecule has 44 heavy (non-hydrogen) atoms. The number of hydrogen-bond acceptors (Lipinski definition) is 2. The van der Waals surface area contributed by atoms with Crippen LogP contribution < -0.4 is 9.47 Å². The second-order valence-corrected chi connectivity index (χ2v) is 13.1. The van der Waals surface area contributed by atoms with Crippen molar-refractivity contribution in [3.05, 3.63) is 119 Å². The SMILES string of the molecule is C[N+](C)(C)CCOc1ccc(C#Cc2c3ccccc3c(C#Cc3ccc(OCC[N+](C)(C)C)cc3)c3ccccc23)cc1. The molecule has 0 heterocycles. The van der Waals surface area contributed by atoms with Crippen LogP contribution in [0.25, 0.3) is 21.5 Å². The maximum atomic E-state index is 5.93. The summed E-state index contributed by atoms with van der Waals surface area (Å²) >= 11 is 0. The molecule has 5 rings (SSSR count). The summed E-state index contributed by atoms with van der Waals surface area (Å²) in [4.78, 5) is 0. The van der Waals surface area contributed by atoms with E-state index in [1.165, 1.54) is 0 Å². The van der Waals surface area contributed by atoms with Gasteiger partial charge in [0.2, 0.25) is 0 Å². The Balaban J connectivity index is 1.43. The quantitative estimate of drug-likeness (QED) is 0.112. The highest BCUT2D eigenvalue weighted by Crippen LogP contribution is 2.32. The Morgan fingerprint density at radius 3 is 1.05 bits per heavy atom. The van der Waals surface area contributed by atoms with E-state index in [4.69, 9.17) is 9.47 Å². The first kappa shape index (κ1) is 30.7. The van der Waals surface area contributed by atoms with Gasteiger partial charge in [-0.1, -0.05) is 72.2 Å².